The Morgan fingerprint density at radius 3 is 2.46 bits per heavy atom. The highest BCUT2D eigenvalue weighted by Gasteiger charge is 2.04. The van der Waals surface area contributed by atoms with Crippen molar-refractivity contribution in [2.24, 2.45) is 0 Å². The first-order valence-corrected chi connectivity index (χ1v) is 4.28. The van der Waals surface area contributed by atoms with Crippen LogP contribution in [0, 0.1) is 0 Å². The smallest absolute Gasteiger partial charge is 0.337 e. The minimum absolute atomic E-state index is 0.289. The lowest BCUT2D eigenvalue weighted by Gasteiger charge is -2.00. The minimum atomic E-state index is -0.289. The van der Waals surface area contributed by atoms with Crippen molar-refractivity contribution < 1.29 is 9.53 Å². The lowest BCUT2D eigenvalue weighted by Crippen LogP contribution is -2.05. The molecule has 2 heteroatoms. The van der Waals surface area contributed by atoms with E-state index in [4.69, 9.17) is 4.74 Å². The van der Waals surface area contributed by atoms with E-state index in [-0.39, 0.29) is 5.97 Å². The lowest BCUT2D eigenvalue weighted by atomic mass is 10.2. The van der Waals surface area contributed by atoms with Gasteiger partial charge in [-0.1, -0.05) is 24.3 Å². The molecule has 0 aromatic rings. The van der Waals surface area contributed by atoms with E-state index in [0.717, 1.165) is 5.57 Å². The second-order valence-electron chi connectivity index (χ2n) is 2.64. The van der Waals surface area contributed by atoms with Gasteiger partial charge in [-0.25, -0.2) is 4.79 Å². The fourth-order valence-corrected chi connectivity index (χ4v) is 0.729. The number of carbonyl (C=O) groups is 1. The van der Waals surface area contributed by atoms with E-state index in [1.165, 1.54) is 0 Å². The Hall–Kier alpha value is -1.31. The van der Waals surface area contributed by atoms with Crippen LogP contribution in [0.3, 0.4) is 0 Å². The first-order chi connectivity index (χ1) is 6.11. The van der Waals surface area contributed by atoms with E-state index in [9.17, 15) is 4.79 Å². The van der Waals surface area contributed by atoms with Gasteiger partial charge in [0.1, 0.15) is 0 Å². The van der Waals surface area contributed by atoms with Crippen LogP contribution in [0.15, 0.2) is 36.0 Å². The summed E-state index contributed by atoms with van der Waals surface area (Å²) in [5.41, 5.74) is 1.47. The summed E-state index contributed by atoms with van der Waals surface area (Å²) in [4.78, 5) is 11.2. The monoisotopic (exact) mass is 180 g/mol. The number of hydrogen-bond donors (Lipinski definition) is 0. The predicted molar refractivity (Wildman–Crippen MR) is 54.3 cm³/mol. The topological polar surface area (TPSA) is 26.3 Å². The molecule has 0 aromatic heterocycles. The van der Waals surface area contributed by atoms with Crippen LogP contribution in [0.4, 0.5) is 0 Å². The highest BCUT2D eigenvalue weighted by atomic mass is 16.5. The molecule has 0 aromatic carbocycles. The Labute approximate surface area is 79.6 Å². The van der Waals surface area contributed by atoms with Crippen LogP contribution < -0.4 is 0 Å². The zero-order chi connectivity index (χ0) is 10.3. The first kappa shape index (κ1) is 11.7. The van der Waals surface area contributed by atoms with Gasteiger partial charge in [-0.15, -0.1) is 0 Å². The quantitative estimate of drug-likeness (QED) is 0.377. The van der Waals surface area contributed by atoms with Gasteiger partial charge in [0, 0.05) is 0 Å². The van der Waals surface area contributed by atoms with Crippen LogP contribution in [-0.4, -0.2) is 12.6 Å². The lowest BCUT2D eigenvalue weighted by molar-refractivity contribution is -0.138. The van der Waals surface area contributed by atoms with Crippen molar-refractivity contribution in [3.63, 3.8) is 0 Å². The SMILES string of the molecule is C=C(C)/C=C\C(=C/C)C(=O)OCC. The molecule has 0 atom stereocenters. The standard InChI is InChI=1S/C11H16O2/c1-5-10(8-7-9(3)4)11(12)13-6-2/h5,7-8H,3,6H2,1-2,4H3/b8-7-,10-5+. The molecule has 0 fully saturated rings. The zero-order valence-electron chi connectivity index (χ0n) is 8.46. The Balaban J connectivity index is 4.37. The average Bonchev–Trinajstić information content (AvgIpc) is 2.05. The number of esters is 1. The number of rotatable bonds is 4. The van der Waals surface area contributed by atoms with E-state index in [1.807, 2.05) is 6.92 Å². The molecule has 0 bridgehead atoms. The van der Waals surface area contributed by atoms with Gasteiger partial charge in [0.2, 0.25) is 0 Å². The molecule has 0 saturated carbocycles. The van der Waals surface area contributed by atoms with Crippen LogP contribution in [0.25, 0.3) is 0 Å². The molecule has 13 heavy (non-hydrogen) atoms. The molecule has 0 unspecified atom stereocenters. The van der Waals surface area contributed by atoms with Crippen molar-refractivity contribution in [3.8, 4) is 0 Å². The van der Waals surface area contributed by atoms with Gasteiger partial charge < -0.3 is 4.74 Å². The van der Waals surface area contributed by atoms with E-state index < -0.39 is 0 Å². The Kier molecular flexibility index (Phi) is 5.60. The van der Waals surface area contributed by atoms with E-state index >= 15 is 0 Å². The van der Waals surface area contributed by atoms with Crippen molar-refractivity contribution in [2.75, 3.05) is 6.61 Å². The zero-order valence-corrected chi connectivity index (χ0v) is 8.46. The predicted octanol–water partition coefficient (Wildman–Crippen LogP) is 2.63. The molecule has 0 aliphatic carbocycles. The molecule has 0 N–H and O–H groups in total. The van der Waals surface area contributed by atoms with Gasteiger partial charge in [-0.3, -0.25) is 0 Å². The number of ether oxygens (including phenoxy) is 1. The van der Waals surface area contributed by atoms with Crippen LogP contribution in [-0.2, 0) is 9.53 Å². The molecule has 0 spiro atoms. The van der Waals surface area contributed by atoms with Gasteiger partial charge in [-0.05, 0) is 26.8 Å². The number of hydrogen-bond acceptors (Lipinski definition) is 2. The fourth-order valence-electron chi connectivity index (χ4n) is 0.729. The van der Waals surface area contributed by atoms with E-state index in [2.05, 4.69) is 6.58 Å². The molecule has 0 rings (SSSR count). The van der Waals surface area contributed by atoms with Gasteiger partial charge in [0.05, 0.1) is 12.2 Å². The summed E-state index contributed by atoms with van der Waals surface area (Å²) in [7, 11) is 0. The summed E-state index contributed by atoms with van der Waals surface area (Å²) in [6.07, 6.45) is 5.21. The molecule has 0 radical (unpaired) electrons. The van der Waals surface area contributed by atoms with Crippen LogP contribution in [0.1, 0.15) is 20.8 Å². The van der Waals surface area contributed by atoms with Gasteiger partial charge >= 0.3 is 5.97 Å². The largest absolute Gasteiger partial charge is 0.462 e. The third-order valence-electron chi connectivity index (χ3n) is 1.37. The van der Waals surface area contributed by atoms with Crippen molar-refractivity contribution in [2.45, 2.75) is 20.8 Å². The molecule has 72 valence electrons. The fraction of sp³-hybridized carbons (Fsp3) is 0.364. The van der Waals surface area contributed by atoms with Gasteiger partial charge in [0.15, 0.2) is 0 Å². The minimum Gasteiger partial charge on any atom is -0.462 e. The Bertz CT molecular complexity index is 247. The second kappa shape index (κ2) is 6.23. The highest BCUT2D eigenvalue weighted by molar-refractivity contribution is 5.91. The summed E-state index contributed by atoms with van der Waals surface area (Å²) in [5.74, 6) is -0.289. The third kappa shape index (κ3) is 5.01. The van der Waals surface area contributed by atoms with Crippen molar-refractivity contribution in [1.29, 1.82) is 0 Å². The van der Waals surface area contributed by atoms with E-state index in [0.29, 0.717) is 12.2 Å². The average molecular weight is 180 g/mol. The summed E-state index contributed by atoms with van der Waals surface area (Å²) in [6.45, 7) is 9.56. The molecular weight excluding hydrogens is 164 g/mol. The number of carbonyl (C=O) groups excluding carboxylic acids is 1. The summed E-state index contributed by atoms with van der Waals surface area (Å²) < 4.78 is 4.84. The first-order valence-electron chi connectivity index (χ1n) is 4.28. The molecule has 0 aliphatic heterocycles. The summed E-state index contributed by atoms with van der Waals surface area (Å²) in [6, 6.07) is 0. The van der Waals surface area contributed by atoms with Crippen LogP contribution in [0.2, 0.25) is 0 Å². The summed E-state index contributed by atoms with van der Waals surface area (Å²) in [5, 5.41) is 0. The van der Waals surface area contributed by atoms with Crippen molar-refractivity contribution >= 4 is 5.97 Å². The molecule has 2 nitrogen and oxygen atoms in total. The Morgan fingerprint density at radius 1 is 1.46 bits per heavy atom. The maximum atomic E-state index is 11.2. The molecular formula is C11H16O2. The van der Waals surface area contributed by atoms with E-state index in [1.54, 1.807) is 32.1 Å². The summed E-state index contributed by atoms with van der Waals surface area (Å²) >= 11 is 0. The normalized spacial score (nSPS) is 11.8. The van der Waals surface area contributed by atoms with Crippen molar-refractivity contribution in [3.05, 3.63) is 36.0 Å². The molecule has 0 heterocycles. The molecule has 0 aliphatic rings. The van der Waals surface area contributed by atoms with Gasteiger partial charge in [-0.2, -0.15) is 0 Å². The maximum absolute atomic E-state index is 11.2. The molecule has 0 saturated heterocycles. The number of allylic oxidation sites excluding steroid dienone is 3. The highest BCUT2D eigenvalue weighted by Crippen LogP contribution is 2.02. The van der Waals surface area contributed by atoms with Crippen LogP contribution in [0.5, 0.6) is 0 Å². The molecule has 0 amide bonds. The second-order valence-corrected chi connectivity index (χ2v) is 2.64. The maximum Gasteiger partial charge on any atom is 0.337 e. The van der Waals surface area contributed by atoms with Crippen molar-refractivity contribution in [1.82, 2.24) is 0 Å². The van der Waals surface area contributed by atoms with Crippen LogP contribution >= 0.6 is 0 Å². The Morgan fingerprint density at radius 2 is 2.08 bits per heavy atom. The van der Waals surface area contributed by atoms with Gasteiger partial charge in [0.25, 0.3) is 0 Å². The third-order valence-corrected chi connectivity index (χ3v) is 1.37.